The molecular weight excluding hydrogens is 254 g/mol. The second-order valence-electron chi connectivity index (χ2n) is 5.28. The number of amides is 1. The molecule has 1 aliphatic carbocycles. The van der Waals surface area contributed by atoms with E-state index in [1.165, 1.54) is 19.0 Å². The van der Waals surface area contributed by atoms with Gasteiger partial charge in [0.25, 0.3) is 5.91 Å². The van der Waals surface area contributed by atoms with Crippen LogP contribution in [0.4, 0.5) is 5.82 Å². The highest BCUT2D eigenvalue weighted by molar-refractivity contribution is 5.92. The lowest BCUT2D eigenvalue weighted by Gasteiger charge is -2.24. The first kappa shape index (κ1) is 14.7. The zero-order chi connectivity index (χ0) is 14.5. The molecule has 2 rings (SSSR count). The SMILES string of the molecule is CCNc1cncc(C(=O)NCC(C)N(C)C2CC2)n1. The highest BCUT2D eigenvalue weighted by Crippen LogP contribution is 2.26. The molecule has 6 nitrogen and oxygen atoms in total. The summed E-state index contributed by atoms with van der Waals surface area (Å²) in [5.74, 6) is 0.455. The van der Waals surface area contributed by atoms with Crippen LogP contribution in [0.15, 0.2) is 12.4 Å². The maximum Gasteiger partial charge on any atom is 0.271 e. The lowest BCUT2D eigenvalue weighted by molar-refractivity contribution is 0.0934. The van der Waals surface area contributed by atoms with Gasteiger partial charge in [0.15, 0.2) is 0 Å². The van der Waals surface area contributed by atoms with E-state index in [4.69, 9.17) is 0 Å². The van der Waals surface area contributed by atoms with Crippen LogP contribution in [0.2, 0.25) is 0 Å². The first-order chi connectivity index (χ1) is 9.61. The molecule has 0 saturated heterocycles. The number of nitrogens with one attached hydrogen (secondary N) is 2. The zero-order valence-electron chi connectivity index (χ0n) is 12.4. The van der Waals surface area contributed by atoms with Crippen LogP contribution in [0.3, 0.4) is 0 Å². The van der Waals surface area contributed by atoms with Crippen molar-refractivity contribution in [1.29, 1.82) is 0 Å². The van der Waals surface area contributed by atoms with Crippen LogP contribution >= 0.6 is 0 Å². The number of aromatic nitrogens is 2. The number of hydrogen-bond acceptors (Lipinski definition) is 5. The van der Waals surface area contributed by atoms with Gasteiger partial charge in [-0.25, -0.2) is 4.98 Å². The molecule has 20 heavy (non-hydrogen) atoms. The molecule has 0 spiro atoms. The number of hydrogen-bond donors (Lipinski definition) is 2. The van der Waals surface area contributed by atoms with Gasteiger partial charge >= 0.3 is 0 Å². The molecule has 1 fully saturated rings. The van der Waals surface area contributed by atoms with Gasteiger partial charge in [-0.15, -0.1) is 0 Å². The van der Waals surface area contributed by atoms with Gasteiger partial charge in [0.2, 0.25) is 0 Å². The van der Waals surface area contributed by atoms with E-state index in [0.29, 0.717) is 30.1 Å². The van der Waals surface area contributed by atoms with Crippen LogP contribution in [-0.2, 0) is 0 Å². The largest absolute Gasteiger partial charge is 0.369 e. The van der Waals surface area contributed by atoms with Crippen molar-refractivity contribution in [1.82, 2.24) is 20.2 Å². The van der Waals surface area contributed by atoms with Crippen LogP contribution in [0.5, 0.6) is 0 Å². The summed E-state index contributed by atoms with van der Waals surface area (Å²) in [4.78, 5) is 22.6. The first-order valence-electron chi connectivity index (χ1n) is 7.18. The highest BCUT2D eigenvalue weighted by Gasteiger charge is 2.29. The van der Waals surface area contributed by atoms with Crippen molar-refractivity contribution in [3.63, 3.8) is 0 Å². The molecule has 0 aromatic carbocycles. The van der Waals surface area contributed by atoms with Gasteiger partial charge in [0.05, 0.1) is 12.4 Å². The average Bonchev–Trinajstić information content (AvgIpc) is 3.29. The van der Waals surface area contributed by atoms with Crippen LogP contribution in [0.1, 0.15) is 37.2 Å². The van der Waals surface area contributed by atoms with Crippen molar-refractivity contribution in [3.05, 3.63) is 18.1 Å². The van der Waals surface area contributed by atoms with E-state index in [2.05, 4.69) is 39.5 Å². The molecule has 1 atom stereocenters. The summed E-state index contributed by atoms with van der Waals surface area (Å²) in [6.07, 6.45) is 5.64. The van der Waals surface area contributed by atoms with Gasteiger partial charge in [0.1, 0.15) is 11.5 Å². The van der Waals surface area contributed by atoms with E-state index in [1.807, 2.05) is 6.92 Å². The molecule has 1 aromatic rings. The number of carbonyl (C=O) groups is 1. The quantitative estimate of drug-likeness (QED) is 0.781. The van der Waals surface area contributed by atoms with Gasteiger partial charge in [-0.3, -0.25) is 14.7 Å². The van der Waals surface area contributed by atoms with Crippen LogP contribution in [0, 0.1) is 0 Å². The fourth-order valence-corrected chi connectivity index (χ4v) is 2.06. The van der Waals surface area contributed by atoms with Gasteiger partial charge in [-0.05, 0) is 33.7 Å². The van der Waals surface area contributed by atoms with Gasteiger partial charge in [-0.1, -0.05) is 0 Å². The summed E-state index contributed by atoms with van der Waals surface area (Å²) in [5.41, 5.74) is 0.352. The maximum atomic E-state index is 12.1. The zero-order valence-corrected chi connectivity index (χ0v) is 12.4. The monoisotopic (exact) mass is 277 g/mol. The molecule has 1 aromatic heterocycles. The molecule has 0 bridgehead atoms. The normalized spacial score (nSPS) is 16.0. The smallest absolute Gasteiger partial charge is 0.271 e. The fraction of sp³-hybridized carbons (Fsp3) is 0.643. The van der Waals surface area contributed by atoms with Crippen molar-refractivity contribution < 1.29 is 4.79 Å². The Morgan fingerprint density at radius 2 is 2.25 bits per heavy atom. The number of likely N-dealkylation sites (N-methyl/N-ethyl adjacent to an activating group) is 1. The minimum absolute atomic E-state index is 0.173. The minimum Gasteiger partial charge on any atom is -0.369 e. The van der Waals surface area contributed by atoms with Crippen molar-refractivity contribution in [2.45, 2.75) is 38.8 Å². The van der Waals surface area contributed by atoms with E-state index >= 15 is 0 Å². The second kappa shape index (κ2) is 6.65. The summed E-state index contributed by atoms with van der Waals surface area (Å²) in [6, 6.07) is 1.02. The van der Waals surface area contributed by atoms with Gasteiger partial charge in [0, 0.05) is 25.2 Å². The summed E-state index contributed by atoms with van der Waals surface area (Å²) in [6.45, 7) is 5.48. The lowest BCUT2D eigenvalue weighted by Crippen LogP contribution is -2.41. The first-order valence-corrected chi connectivity index (χ1v) is 7.18. The maximum absolute atomic E-state index is 12.1. The van der Waals surface area contributed by atoms with E-state index in [1.54, 1.807) is 6.20 Å². The Hall–Kier alpha value is -1.69. The molecule has 0 radical (unpaired) electrons. The van der Waals surface area contributed by atoms with Crippen molar-refractivity contribution in [2.75, 3.05) is 25.5 Å². The Kier molecular flexibility index (Phi) is 4.89. The Labute approximate surface area is 120 Å². The summed E-state index contributed by atoms with van der Waals surface area (Å²) < 4.78 is 0. The second-order valence-corrected chi connectivity index (χ2v) is 5.28. The van der Waals surface area contributed by atoms with Crippen molar-refractivity contribution >= 4 is 11.7 Å². The summed E-state index contributed by atoms with van der Waals surface area (Å²) in [5, 5.41) is 5.97. The van der Waals surface area contributed by atoms with Crippen molar-refractivity contribution in [2.24, 2.45) is 0 Å². The Bertz CT molecular complexity index is 461. The average molecular weight is 277 g/mol. The minimum atomic E-state index is -0.173. The third kappa shape index (κ3) is 3.90. The summed E-state index contributed by atoms with van der Waals surface area (Å²) in [7, 11) is 2.11. The predicted octanol–water partition coefficient (Wildman–Crippen LogP) is 1.12. The molecule has 1 unspecified atom stereocenters. The Balaban J connectivity index is 1.86. The van der Waals surface area contributed by atoms with Crippen LogP contribution < -0.4 is 10.6 Å². The third-order valence-corrected chi connectivity index (χ3v) is 3.60. The summed E-state index contributed by atoms with van der Waals surface area (Å²) >= 11 is 0. The van der Waals surface area contributed by atoms with Gasteiger partial charge < -0.3 is 10.6 Å². The molecule has 0 aliphatic heterocycles. The number of anilines is 1. The van der Waals surface area contributed by atoms with Crippen LogP contribution in [-0.4, -0.2) is 53.0 Å². The number of rotatable bonds is 7. The van der Waals surface area contributed by atoms with E-state index in [9.17, 15) is 4.79 Å². The topological polar surface area (TPSA) is 70.2 Å². The number of carbonyl (C=O) groups excluding carboxylic acids is 1. The fourth-order valence-electron chi connectivity index (χ4n) is 2.06. The predicted molar refractivity (Wildman–Crippen MR) is 78.8 cm³/mol. The van der Waals surface area contributed by atoms with E-state index in [0.717, 1.165) is 6.54 Å². The Morgan fingerprint density at radius 3 is 2.90 bits per heavy atom. The lowest BCUT2D eigenvalue weighted by atomic mass is 10.3. The third-order valence-electron chi connectivity index (χ3n) is 3.60. The van der Waals surface area contributed by atoms with Crippen LogP contribution in [0.25, 0.3) is 0 Å². The van der Waals surface area contributed by atoms with Crippen molar-refractivity contribution in [3.8, 4) is 0 Å². The van der Waals surface area contributed by atoms with E-state index in [-0.39, 0.29) is 5.91 Å². The Morgan fingerprint density at radius 1 is 1.50 bits per heavy atom. The molecule has 1 amide bonds. The molecule has 2 N–H and O–H groups in total. The molecule has 1 aliphatic rings. The molecule has 110 valence electrons. The standard InChI is InChI=1S/C14H23N5O/c1-4-16-13-9-15-8-12(18-13)14(20)17-7-10(2)19(3)11-5-6-11/h8-11H,4-7H2,1-3H3,(H,16,18)(H,17,20). The molecular formula is C14H23N5O. The number of nitrogens with zero attached hydrogens (tertiary/aromatic N) is 3. The molecule has 6 heteroatoms. The van der Waals surface area contributed by atoms with E-state index < -0.39 is 0 Å². The van der Waals surface area contributed by atoms with Gasteiger partial charge in [-0.2, -0.15) is 0 Å². The highest BCUT2D eigenvalue weighted by atomic mass is 16.1. The molecule has 1 heterocycles. The molecule has 1 saturated carbocycles.